The van der Waals surface area contributed by atoms with E-state index in [0.29, 0.717) is 11.5 Å². The third-order valence-corrected chi connectivity index (χ3v) is 7.72. The van der Waals surface area contributed by atoms with Gasteiger partial charge in [-0.2, -0.15) is 0 Å². The van der Waals surface area contributed by atoms with Crippen molar-refractivity contribution in [2.24, 2.45) is 11.1 Å². The lowest BCUT2D eigenvalue weighted by atomic mass is 9.77. The molecule has 1 saturated carbocycles. The highest BCUT2D eigenvalue weighted by atomic mass is 32.2. The molecular formula is C23H28N2O3S. The molecule has 154 valence electrons. The van der Waals surface area contributed by atoms with Crippen molar-refractivity contribution in [3.05, 3.63) is 48.5 Å². The van der Waals surface area contributed by atoms with Crippen LogP contribution in [0.2, 0.25) is 0 Å². The maximum atomic E-state index is 12.5. The predicted molar refractivity (Wildman–Crippen MR) is 116 cm³/mol. The lowest BCUT2D eigenvalue weighted by molar-refractivity contribution is -0.120. The highest BCUT2D eigenvalue weighted by Gasteiger charge is 2.52. The Morgan fingerprint density at radius 2 is 1.69 bits per heavy atom. The van der Waals surface area contributed by atoms with Gasteiger partial charge in [-0.05, 0) is 87.0 Å². The summed E-state index contributed by atoms with van der Waals surface area (Å²) in [6, 6.07) is 15.4. The number of carbonyl (C=O) groups excluding carboxylic acids is 1. The molecule has 2 aliphatic rings. The molecule has 1 aliphatic carbocycles. The average Bonchev–Trinajstić information content (AvgIpc) is 3.09. The summed E-state index contributed by atoms with van der Waals surface area (Å²) in [5, 5.41) is 3.43. The molecule has 2 aromatic carbocycles. The van der Waals surface area contributed by atoms with Crippen LogP contribution in [-0.4, -0.2) is 30.9 Å². The monoisotopic (exact) mass is 412 g/mol. The van der Waals surface area contributed by atoms with Crippen LogP contribution in [0.25, 0.3) is 0 Å². The maximum absolute atomic E-state index is 12.5. The summed E-state index contributed by atoms with van der Waals surface area (Å²) in [4.78, 5) is 13.5. The molecule has 1 amide bonds. The number of para-hydroxylation sites is 2. The summed E-state index contributed by atoms with van der Waals surface area (Å²) in [7, 11) is 1.63. The summed E-state index contributed by atoms with van der Waals surface area (Å²) in [5.41, 5.74) is 6.18. The third-order valence-electron chi connectivity index (χ3n) is 6.27. The zero-order valence-corrected chi connectivity index (χ0v) is 17.6. The van der Waals surface area contributed by atoms with Crippen molar-refractivity contribution in [2.75, 3.05) is 20.2 Å². The molecule has 4 rings (SSSR count). The first-order chi connectivity index (χ1) is 14.0. The number of methoxy groups -OCH3 is 1. The third kappa shape index (κ3) is 4.23. The van der Waals surface area contributed by atoms with E-state index in [9.17, 15) is 4.79 Å². The summed E-state index contributed by atoms with van der Waals surface area (Å²) >= 11 is 1.62. The molecule has 2 aromatic rings. The van der Waals surface area contributed by atoms with Crippen molar-refractivity contribution in [3.8, 4) is 17.2 Å². The van der Waals surface area contributed by atoms with Crippen LogP contribution in [0.1, 0.15) is 32.1 Å². The van der Waals surface area contributed by atoms with E-state index in [1.54, 1.807) is 18.9 Å². The predicted octanol–water partition coefficient (Wildman–Crippen LogP) is 4.36. The van der Waals surface area contributed by atoms with Crippen LogP contribution in [-0.2, 0) is 4.79 Å². The quantitative estimate of drug-likeness (QED) is 0.738. The fourth-order valence-corrected chi connectivity index (χ4v) is 6.02. The van der Waals surface area contributed by atoms with E-state index in [1.165, 1.54) is 0 Å². The Bertz CT molecular complexity index is 865. The van der Waals surface area contributed by atoms with Crippen LogP contribution in [0.4, 0.5) is 0 Å². The van der Waals surface area contributed by atoms with Crippen molar-refractivity contribution in [2.45, 2.75) is 41.7 Å². The number of nitrogens with one attached hydrogen (secondary N) is 1. The number of primary amides is 1. The zero-order chi connectivity index (χ0) is 20.3. The Balaban J connectivity index is 1.48. The molecule has 1 heterocycles. The summed E-state index contributed by atoms with van der Waals surface area (Å²) in [6.07, 6.45) is 5.08. The van der Waals surface area contributed by atoms with Crippen molar-refractivity contribution in [1.29, 1.82) is 0 Å². The molecule has 0 radical (unpaired) electrons. The second-order valence-electron chi connectivity index (χ2n) is 8.11. The molecule has 5 nitrogen and oxygen atoms in total. The fraction of sp³-hybridized carbons (Fsp3) is 0.435. The molecule has 6 heteroatoms. The van der Waals surface area contributed by atoms with Gasteiger partial charge in [0.2, 0.25) is 5.91 Å². The minimum absolute atomic E-state index is 0.188. The number of hydrogen-bond acceptors (Lipinski definition) is 5. The molecule has 1 aliphatic heterocycles. The van der Waals surface area contributed by atoms with Gasteiger partial charge in [-0.3, -0.25) is 4.79 Å². The Morgan fingerprint density at radius 3 is 2.34 bits per heavy atom. The fourth-order valence-electron chi connectivity index (χ4n) is 4.61. The largest absolute Gasteiger partial charge is 0.493 e. The van der Waals surface area contributed by atoms with Gasteiger partial charge in [0.05, 0.1) is 11.9 Å². The van der Waals surface area contributed by atoms with E-state index < -0.39 is 4.75 Å². The molecule has 1 unspecified atom stereocenters. The number of rotatable bonds is 6. The molecule has 29 heavy (non-hydrogen) atoms. The Kier molecular flexibility index (Phi) is 5.74. The van der Waals surface area contributed by atoms with Crippen LogP contribution in [0.3, 0.4) is 0 Å². The van der Waals surface area contributed by atoms with Gasteiger partial charge >= 0.3 is 0 Å². The van der Waals surface area contributed by atoms with E-state index >= 15 is 0 Å². The summed E-state index contributed by atoms with van der Waals surface area (Å²) in [5.74, 6) is 1.91. The number of amides is 1. The van der Waals surface area contributed by atoms with E-state index in [0.717, 1.165) is 55.8 Å². The first kappa shape index (κ1) is 20.1. The first-order valence-electron chi connectivity index (χ1n) is 10.1. The lowest BCUT2D eigenvalue weighted by Crippen LogP contribution is -2.42. The zero-order valence-electron chi connectivity index (χ0n) is 16.8. The Morgan fingerprint density at radius 1 is 1.00 bits per heavy atom. The number of ether oxygens (including phenoxy) is 2. The van der Waals surface area contributed by atoms with Gasteiger partial charge in [0.15, 0.2) is 11.5 Å². The lowest BCUT2D eigenvalue weighted by Gasteiger charge is -2.35. The van der Waals surface area contributed by atoms with Crippen LogP contribution in [0.15, 0.2) is 53.4 Å². The van der Waals surface area contributed by atoms with Gasteiger partial charge in [-0.15, -0.1) is 11.8 Å². The summed E-state index contributed by atoms with van der Waals surface area (Å²) in [6.45, 7) is 2.07. The van der Waals surface area contributed by atoms with Crippen molar-refractivity contribution in [1.82, 2.24) is 5.32 Å². The Hall–Kier alpha value is -2.18. The molecular weight excluding hydrogens is 384 g/mol. The van der Waals surface area contributed by atoms with Gasteiger partial charge in [-0.1, -0.05) is 12.1 Å². The molecule has 0 aromatic heterocycles. The highest BCUT2D eigenvalue weighted by molar-refractivity contribution is 8.01. The van der Waals surface area contributed by atoms with E-state index in [-0.39, 0.29) is 11.3 Å². The van der Waals surface area contributed by atoms with Gasteiger partial charge in [-0.25, -0.2) is 0 Å². The normalized spacial score (nSPS) is 23.1. The second kappa shape index (κ2) is 8.28. The number of carbonyl (C=O) groups is 1. The van der Waals surface area contributed by atoms with Crippen LogP contribution in [0, 0.1) is 5.41 Å². The highest BCUT2D eigenvalue weighted by Crippen LogP contribution is 2.56. The number of nitrogens with two attached hydrogens (primary N) is 1. The van der Waals surface area contributed by atoms with E-state index in [4.69, 9.17) is 15.2 Å². The second-order valence-corrected chi connectivity index (χ2v) is 9.57. The number of hydrogen-bond donors (Lipinski definition) is 2. The number of benzene rings is 2. The minimum Gasteiger partial charge on any atom is -0.493 e. The SMILES string of the molecule is COc1ccccc1Oc1ccc(SC2(C(N)=O)CCC3(CCNCC3)C2)cc1. The van der Waals surface area contributed by atoms with E-state index in [2.05, 4.69) is 5.32 Å². The molecule has 3 N–H and O–H groups in total. The van der Waals surface area contributed by atoms with Gasteiger partial charge < -0.3 is 20.5 Å². The van der Waals surface area contributed by atoms with Gasteiger partial charge in [0.25, 0.3) is 0 Å². The average molecular weight is 413 g/mol. The minimum atomic E-state index is -0.512. The molecule has 1 saturated heterocycles. The topological polar surface area (TPSA) is 73.6 Å². The van der Waals surface area contributed by atoms with Crippen molar-refractivity contribution >= 4 is 17.7 Å². The standard InChI is InChI=1S/C23H28N2O3S/c1-27-19-4-2-3-5-20(19)28-17-6-8-18(9-7-17)29-23(21(24)26)11-10-22(16-23)12-14-25-15-13-22/h2-9,25H,10-16H2,1H3,(H2,24,26). The molecule has 0 bridgehead atoms. The maximum Gasteiger partial charge on any atom is 0.234 e. The van der Waals surface area contributed by atoms with E-state index in [1.807, 2.05) is 48.5 Å². The first-order valence-corrected chi connectivity index (χ1v) is 11.0. The summed E-state index contributed by atoms with van der Waals surface area (Å²) < 4.78 is 10.8. The smallest absolute Gasteiger partial charge is 0.234 e. The van der Waals surface area contributed by atoms with Crippen molar-refractivity contribution < 1.29 is 14.3 Å². The van der Waals surface area contributed by atoms with Gasteiger partial charge in [0.1, 0.15) is 5.75 Å². The number of piperidine rings is 1. The molecule has 2 fully saturated rings. The number of thioether (sulfide) groups is 1. The van der Waals surface area contributed by atoms with Crippen LogP contribution >= 0.6 is 11.8 Å². The van der Waals surface area contributed by atoms with Crippen LogP contribution < -0.4 is 20.5 Å². The Labute approximate surface area is 176 Å². The molecule has 1 spiro atoms. The molecule has 1 atom stereocenters. The van der Waals surface area contributed by atoms with Crippen molar-refractivity contribution in [3.63, 3.8) is 0 Å². The van der Waals surface area contributed by atoms with Gasteiger partial charge in [0, 0.05) is 4.90 Å². The van der Waals surface area contributed by atoms with Crippen LogP contribution in [0.5, 0.6) is 17.2 Å².